The Morgan fingerprint density at radius 2 is 0.729 bits per heavy atom. The summed E-state index contributed by atoms with van der Waals surface area (Å²) in [5, 5.41) is 17.4. The summed E-state index contributed by atoms with van der Waals surface area (Å²) in [7, 11) is 0. The first kappa shape index (κ1) is 32.2. The van der Waals surface area contributed by atoms with Crippen molar-refractivity contribution in [2.24, 2.45) is 0 Å². The monoisotopic (exact) mass is 749 g/mol. The summed E-state index contributed by atoms with van der Waals surface area (Å²) in [6, 6.07) is 67.2. The van der Waals surface area contributed by atoms with Crippen LogP contribution in [0.5, 0.6) is 0 Å². The van der Waals surface area contributed by atoms with Gasteiger partial charge in [-0.2, -0.15) is 0 Å². The molecule has 0 amide bonds. The Bertz CT molecular complexity index is 3820. The average Bonchev–Trinajstić information content (AvgIpc) is 3.68. The van der Waals surface area contributed by atoms with E-state index in [1.807, 2.05) is 54.6 Å². The highest BCUT2D eigenvalue weighted by Gasteiger charge is 2.18. The van der Waals surface area contributed by atoms with E-state index in [2.05, 4.69) is 133 Å². The van der Waals surface area contributed by atoms with E-state index in [9.17, 15) is 0 Å². The van der Waals surface area contributed by atoms with Gasteiger partial charge in [0, 0.05) is 27.5 Å². The smallest absolute Gasteiger partial charge is 0.164 e. The van der Waals surface area contributed by atoms with Crippen LogP contribution in [0.25, 0.3) is 132 Å². The van der Waals surface area contributed by atoms with Crippen molar-refractivity contribution in [2.45, 2.75) is 0 Å². The zero-order valence-electron chi connectivity index (χ0n) is 31.6. The maximum Gasteiger partial charge on any atom is 0.164 e. The van der Waals surface area contributed by atoms with Gasteiger partial charge in [0.15, 0.2) is 17.5 Å². The average molecular weight is 750 g/mol. The number of fused-ring (bicyclic) bond motifs is 5. The Balaban J connectivity index is 0.996. The first-order valence-electron chi connectivity index (χ1n) is 20.0. The van der Waals surface area contributed by atoms with Gasteiger partial charge in [0.05, 0.1) is 0 Å². The number of furan rings is 1. The van der Waals surface area contributed by atoms with E-state index in [0.717, 1.165) is 49.8 Å². The van der Waals surface area contributed by atoms with Crippen molar-refractivity contribution in [1.29, 1.82) is 0 Å². The van der Waals surface area contributed by atoms with Crippen LogP contribution in [0, 0.1) is 0 Å². The number of hydrogen-bond acceptors (Lipinski definition) is 4. The second kappa shape index (κ2) is 12.3. The minimum absolute atomic E-state index is 0.596. The molecule has 2 heterocycles. The molecule has 0 unspecified atom stereocenters. The normalized spacial score (nSPS) is 12.1. The van der Waals surface area contributed by atoms with Gasteiger partial charge in [0.2, 0.25) is 0 Å². The highest BCUT2D eigenvalue weighted by molar-refractivity contribution is 6.37. The summed E-state index contributed by atoms with van der Waals surface area (Å²) < 4.78 is 6.25. The molecule has 0 aliphatic heterocycles. The molecule has 0 aliphatic carbocycles. The van der Waals surface area contributed by atoms with E-state index in [1.54, 1.807) is 0 Å². The molecule has 13 rings (SSSR count). The minimum Gasteiger partial charge on any atom is -0.456 e. The van der Waals surface area contributed by atoms with Crippen LogP contribution in [-0.4, -0.2) is 15.0 Å². The first-order valence-corrected chi connectivity index (χ1v) is 20.0. The summed E-state index contributed by atoms with van der Waals surface area (Å²) in [5.41, 5.74) is 6.67. The second-order valence-electron chi connectivity index (χ2n) is 15.5. The quantitative estimate of drug-likeness (QED) is 0.168. The highest BCUT2D eigenvalue weighted by atomic mass is 16.3. The molecule has 2 aromatic heterocycles. The van der Waals surface area contributed by atoms with Gasteiger partial charge in [-0.1, -0.05) is 158 Å². The maximum atomic E-state index is 6.25. The fourth-order valence-corrected chi connectivity index (χ4v) is 9.48. The molecular weight excluding hydrogens is 719 g/mol. The Morgan fingerprint density at radius 3 is 1.39 bits per heavy atom. The molecule has 0 aliphatic rings. The topological polar surface area (TPSA) is 51.8 Å². The molecule has 0 atom stereocenters. The van der Waals surface area contributed by atoms with Gasteiger partial charge >= 0.3 is 0 Å². The van der Waals surface area contributed by atoms with Crippen molar-refractivity contribution in [3.63, 3.8) is 0 Å². The number of nitrogens with zero attached hydrogens (tertiary/aromatic N) is 3. The molecule has 13 aromatic rings. The molecule has 4 nitrogen and oxygen atoms in total. The van der Waals surface area contributed by atoms with Crippen LogP contribution in [-0.2, 0) is 0 Å². The number of benzene rings is 10. The van der Waals surface area contributed by atoms with Crippen LogP contribution >= 0.6 is 0 Å². The lowest BCUT2D eigenvalue weighted by Crippen LogP contribution is -2.00. The molecule has 59 heavy (non-hydrogen) atoms. The Morgan fingerprint density at radius 1 is 0.254 bits per heavy atom. The van der Waals surface area contributed by atoms with Crippen molar-refractivity contribution in [3.05, 3.63) is 188 Å². The predicted molar refractivity (Wildman–Crippen MR) is 245 cm³/mol. The first-order chi connectivity index (χ1) is 29.2. The van der Waals surface area contributed by atoms with Crippen LogP contribution < -0.4 is 0 Å². The SMILES string of the molecule is c1ccc(-c2nc(-c3ccc(-c4cc5ccc6cccc7c8cccc9ccc%10cccc(c(c4)c5c67)c%10c98)cc3)nc(-c3ccc4c(c3)oc3ccccc34)n2)cc1. The number of aromatic nitrogens is 3. The van der Waals surface area contributed by atoms with Crippen molar-refractivity contribution in [1.82, 2.24) is 15.0 Å². The molecule has 0 saturated carbocycles. The van der Waals surface area contributed by atoms with Gasteiger partial charge in [-0.3, -0.25) is 0 Å². The van der Waals surface area contributed by atoms with Gasteiger partial charge in [-0.05, 0) is 106 Å². The van der Waals surface area contributed by atoms with Crippen molar-refractivity contribution < 1.29 is 4.42 Å². The number of hydrogen-bond donors (Lipinski definition) is 0. The molecule has 0 spiro atoms. The summed E-state index contributed by atoms with van der Waals surface area (Å²) in [5.74, 6) is 1.83. The third-order valence-corrected chi connectivity index (χ3v) is 12.2. The van der Waals surface area contributed by atoms with E-state index in [1.165, 1.54) is 64.6 Å². The van der Waals surface area contributed by atoms with Crippen LogP contribution in [0.3, 0.4) is 0 Å². The van der Waals surface area contributed by atoms with Gasteiger partial charge < -0.3 is 4.42 Å². The molecule has 0 saturated heterocycles. The summed E-state index contributed by atoms with van der Waals surface area (Å²) in [6.07, 6.45) is 0. The van der Waals surface area contributed by atoms with Gasteiger partial charge in [-0.25, -0.2) is 15.0 Å². The van der Waals surface area contributed by atoms with E-state index in [4.69, 9.17) is 19.4 Å². The molecular formula is C55H31N3O. The van der Waals surface area contributed by atoms with Gasteiger partial charge in [0.1, 0.15) is 11.2 Å². The van der Waals surface area contributed by atoms with Crippen LogP contribution in [0.1, 0.15) is 0 Å². The minimum atomic E-state index is 0.596. The molecule has 272 valence electrons. The third kappa shape index (κ3) is 4.87. The second-order valence-corrected chi connectivity index (χ2v) is 15.5. The summed E-state index contributed by atoms with van der Waals surface area (Å²) in [6.45, 7) is 0. The number of para-hydroxylation sites is 1. The Kier molecular flexibility index (Phi) is 6.69. The lowest BCUT2D eigenvalue weighted by Gasteiger charge is -2.17. The standard InChI is InChI=1S/C55H31N3O/c1-2-9-36(10-3-1)53-56-54(58-55(57-53)39-27-28-42-41-14-4-5-18-47(41)59-48(42)31-39)37-24-19-32(20-25-37)40-29-38-26-23-35-12-7-16-44-43-15-6-11-33-21-22-34-13-8-17-45(51(34)49(33)43)46(30-40)52(38)50(35)44/h1-31H. The molecule has 0 bridgehead atoms. The van der Waals surface area contributed by atoms with Crippen LogP contribution in [0.15, 0.2) is 192 Å². The predicted octanol–water partition coefficient (Wildman–Crippen LogP) is 14.8. The fourth-order valence-electron chi connectivity index (χ4n) is 9.48. The number of rotatable bonds is 4. The zero-order chi connectivity index (χ0) is 38.6. The van der Waals surface area contributed by atoms with E-state index in [-0.39, 0.29) is 0 Å². The maximum absolute atomic E-state index is 6.25. The molecule has 0 N–H and O–H groups in total. The van der Waals surface area contributed by atoms with Gasteiger partial charge in [0.25, 0.3) is 0 Å². The lowest BCUT2D eigenvalue weighted by atomic mass is 9.86. The van der Waals surface area contributed by atoms with E-state index >= 15 is 0 Å². The largest absolute Gasteiger partial charge is 0.456 e. The Labute approximate surface area is 338 Å². The van der Waals surface area contributed by atoms with E-state index < -0.39 is 0 Å². The molecule has 0 fully saturated rings. The lowest BCUT2D eigenvalue weighted by molar-refractivity contribution is 0.669. The van der Waals surface area contributed by atoms with Crippen LogP contribution in [0.2, 0.25) is 0 Å². The van der Waals surface area contributed by atoms with Crippen molar-refractivity contribution in [3.8, 4) is 45.3 Å². The molecule has 11 aromatic carbocycles. The highest BCUT2D eigenvalue weighted by Crippen LogP contribution is 2.44. The summed E-state index contributed by atoms with van der Waals surface area (Å²) >= 11 is 0. The Hall–Kier alpha value is -7.95. The zero-order valence-corrected chi connectivity index (χ0v) is 31.6. The molecule has 4 heteroatoms. The summed E-state index contributed by atoms with van der Waals surface area (Å²) in [4.78, 5) is 15.1. The molecule has 0 radical (unpaired) electrons. The van der Waals surface area contributed by atoms with Crippen molar-refractivity contribution >= 4 is 86.6 Å². The van der Waals surface area contributed by atoms with E-state index in [0.29, 0.717) is 17.5 Å². The van der Waals surface area contributed by atoms with Crippen molar-refractivity contribution in [2.75, 3.05) is 0 Å². The van der Waals surface area contributed by atoms with Crippen LogP contribution in [0.4, 0.5) is 0 Å². The van der Waals surface area contributed by atoms with Gasteiger partial charge in [-0.15, -0.1) is 0 Å². The fraction of sp³-hybridized carbons (Fsp3) is 0. The third-order valence-electron chi connectivity index (χ3n) is 12.2.